The molecule has 0 bridgehead atoms. The summed E-state index contributed by atoms with van der Waals surface area (Å²) < 4.78 is 46.2. The molecular formula is C19H19F2N3O4S. The lowest BCUT2D eigenvalue weighted by Gasteiger charge is -2.20. The van der Waals surface area contributed by atoms with Gasteiger partial charge in [-0.2, -0.15) is 0 Å². The summed E-state index contributed by atoms with van der Waals surface area (Å²) in [5.74, 6) is 1.86. The SMILES string of the molecule is COc1cc(CSc2nc3cc4c(cc3[nH]2)OC(F)(F)O4)c(N(C)C)cc1OC. The molecule has 1 aromatic heterocycles. The lowest BCUT2D eigenvalue weighted by atomic mass is 10.1. The monoisotopic (exact) mass is 423 g/mol. The molecule has 0 saturated carbocycles. The maximum Gasteiger partial charge on any atom is 0.586 e. The van der Waals surface area contributed by atoms with E-state index < -0.39 is 6.29 Å². The first-order valence-electron chi connectivity index (χ1n) is 8.64. The van der Waals surface area contributed by atoms with Gasteiger partial charge in [0.2, 0.25) is 0 Å². The molecule has 10 heteroatoms. The van der Waals surface area contributed by atoms with E-state index in [0.717, 1.165) is 11.3 Å². The highest BCUT2D eigenvalue weighted by Gasteiger charge is 2.43. The highest BCUT2D eigenvalue weighted by Crippen LogP contribution is 2.43. The van der Waals surface area contributed by atoms with Crippen LogP contribution in [0.25, 0.3) is 11.0 Å². The van der Waals surface area contributed by atoms with Gasteiger partial charge in [-0.15, -0.1) is 8.78 Å². The van der Waals surface area contributed by atoms with Crippen molar-refractivity contribution in [2.45, 2.75) is 17.2 Å². The van der Waals surface area contributed by atoms with Crippen LogP contribution in [0.2, 0.25) is 0 Å². The van der Waals surface area contributed by atoms with Crippen molar-refractivity contribution in [1.82, 2.24) is 9.97 Å². The number of aromatic amines is 1. The summed E-state index contributed by atoms with van der Waals surface area (Å²) in [4.78, 5) is 9.58. The fourth-order valence-corrected chi connectivity index (χ4v) is 3.96. The number of thioether (sulfide) groups is 1. The van der Waals surface area contributed by atoms with E-state index in [-0.39, 0.29) is 11.5 Å². The summed E-state index contributed by atoms with van der Waals surface area (Å²) in [7, 11) is 7.10. The molecule has 0 atom stereocenters. The van der Waals surface area contributed by atoms with Crippen LogP contribution >= 0.6 is 11.8 Å². The number of alkyl halides is 2. The zero-order valence-electron chi connectivity index (χ0n) is 16.2. The fraction of sp³-hybridized carbons (Fsp3) is 0.316. The van der Waals surface area contributed by atoms with E-state index in [2.05, 4.69) is 19.4 Å². The Morgan fingerprint density at radius 1 is 1.07 bits per heavy atom. The van der Waals surface area contributed by atoms with E-state index in [1.807, 2.05) is 31.1 Å². The van der Waals surface area contributed by atoms with Crippen LogP contribution in [-0.4, -0.2) is 44.6 Å². The zero-order valence-corrected chi connectivity index (χ0v) is 17.0. The van der Waals surface area contributed by atoms with Crippen molar-refractivity contribution < 1.29 is 27.7 Å². The summed E-state index contributed by atoms with van der Waals surface area (Å²) in [6, 6.07) is 6.76. The number of imidazole rings is 1. The topological polar surface area (TPSA) is 68.8 Å². The molecule has 1 N–H and O–H groups in total. The number of H-pyrrole nitrogens is 1. The number of benzene rings is 2. The lowest BCUT2D eigenvalue weighted by molar-refractivity contribution is -0.286. The van der Waals surface area contributed by atoms with Crippen LogP contribution in [0.1, 0.15) is 5.56 Å². The first kappa shape index (κ1) is 19.4. The summed E-state index contributed by atoms with van der Waals surface area (Å²) in [5, 5.41) is 0.648. The van der Waals surface area contributed by atoms with Gasteiger partial charge in [0, 0.05) is 43.7 Å². The molecule has 1 aliphatic rings. The molecule has 0 fully saturated rings. The smallest absolute Gasteiger partial charge is 0.493 e. The van der Waals surface area contributed by atoms with Crippen LogP contribution in [0.5, 0.6) is 23.0 Å². The van der Waals surface area contributed by atoms with Crippen LogP contribution in [-0.2, 0) is 5.75 Å². The van der Waals surface area contributed by atoms with Gasteiger partial charge in [0.1, 0.15) is 0 Å². The minimum Gasteiger partial charge on any atom is -0.493 e. The second kappa shape index (κ2) is 7.18. The summed E-state index contributed by atoms with van der Waals surface area (Å²) in [6.45, 7) is 0. The van der Waals surface area contributed by atoms with Crippen molar-refractivity contribution in [3.05, 3.63) is 29.8 Å². The number of rotatable bonds is 6. The summed E-state index contributed by atoms with van der Waals surface area (Å²) in [5.41, 5.74) is 3.14. The van der Waals surface area contributed by atoms with Crippen molar-refractivity contribution >= 4 is 28.5 Å². The molecule has 7 nitrogen and oxygen atoms in total. The maximum absolute atomic E-state index is 13.2. The van der Waals surface area contributed by atoms with Gasteiger partial charge >= 0.3 is 6.29 Å². The van der Waals surface area contributed by atoms with E-state index >= 15 is 0 Å². The van der Waals surface area contributed by atoms with E-state index in [1.54, 1.807) is 14.2 Å². The molecule has 0 aliphatic carbocycles. The molecule has 0 saturated heterocycles. The third-order valence-electron chi connectivity index (χ3n) is 4.41. The number of nitrogens with zero attached hydrogens (tertiary/aromatic N) is 2. The van der Waals surface area contributed by atoms with E-state index in [0.29, 0.717) is 33.4 Å². The predicted molar refractivity (Wildman–Crippen MR) is 106 cm³/mol. The number of methoxy groups -OCH3 is 2. The average molecular weight is 423 g/mol. The second-order valence-electron chi connectivity index (χ2n) is 6.54. The van der Waals surface area contributed by atoms with Crippen molar-refractivity contribution in [3.63, 3.8) is 0 Å². The predicted octanol–water partition coefficient (Wildman–Crippen LogP) is 4.26. The van der Waals surface area contributed by atoms with Crippen LogP contribution in [0, 0.1) is 0 Å². The molecule has 3 aromatic rings. The normalized spacial score (nSPS) is 14.3. The van der Waals surface area contributed by atoms with Crippen molar-refractivity contribution in [2.24, 2.45) is 0 Å². The van der Waals surface area contributed by atoms with Crippen LogP contribution in [0.4, 0.5) is 14.5 Å². The molecule has 4 rings (SSSR count). The number of aromatic nitrogens is 2. The molecule has 29 heavy (non-hydrogen) atoms. The van der Waals surface area contributed by atoms with Crippen LogP contribution < -0.4 is 23.8 Å². The van der Waals surface area contributed by atoms with E-state index in [1.165, 1.54) is 23.9 Å². The minimum atomic E-state index is -3.64. The molecule has 2 heterocycles. The number of hydrogen-bond acceptors (Lipinski definition) is 7. The lowest BCUT2D eigenvalue weighted by Crippen LogP contribution is -2.25. The standard InChI is InChI=1S/C19H19F2N3O4S/c1-24(2)13-8-15(26-4)14(25-3)5-10(13)9-29-18-22-11-6-16-17(7-12(11)23-18)28-19(20,21)27-16/h5-8H,9H2,1-4H3,(H,22,23). The number of fused-ring (bicyclic) bond motifs is 2. The number of nitrogens with one attached hydrogen (secondary N) is 1. The van der Waals surface area contributed by atoms with Crippen molar-refractivity contribution in [3.8, 4) is 23.0 Å². The largest absolute Gasteiger partial charge is 0.586 e. The van der Waals surface area contributed by atoms with Gasteiger partial charge in [-0.1, -0.05) is 11.8 Å². The summed E-state index contributed by atoms with van der Waals surface area (Å²) >= 11 is 1.48. The Morgan fingerprint density at radius 3 is 2.38 bits per heavy atom. The third-order valence-corrected chi connectivity index (χ3v) is 5.34. The van der Waals surface area contributed by atoms with Gasteiger partial charge in [0.15, 0.2) is 28.2 Å². The maximum atomic E-state index is 13.2. The third kappa shape index (κ3) is 3.71. The minimum absolute atomic E-state index is 0.0162. The number of halogens is 2. The first-order valence-corrected chi connectivity index (χ1v) is 9.63. The van der Waals surface area contributed by atoms with Gasteiger partial charge in [0.05, 0.1) is 25.3 Å². The molecule has 1 aliphatic heterocycles. The first-order chi connectivity index (χ1) is 13.8. The van der Waals surface area contributed by atoms with Crippen molar-refractivity contribution in [1.29, 1.82) is 0 Å². The molecule has 2 aromatic carbocycles. The molecule has 0 unspecified atom stereocenters. The summed E-state index contributed by atoms with van der Waals surface area (Å²) in [6.07, 6.45) is -3.64. The molecule has 0 amide bonds. The van der Waals surface area contributed by atoms with Crippen LogP contribution in [0.3, 0.4) is 0 Å². The van der Waals surface area contributed by atoms with Gasteiger partial charge in [-0.05, 0) is 11.6 Å². The highest BCUT2D eigenvalue weighted by molar-refractivity contribution is 7.98. The van der Waals surface area contributed by atoms with Gasteiger partial charge < -0.3 is 28.8 Å². The Bertz CT molecular complexity index is 1030. The Kier molecular flexibility index (Phi) is 4.81. The molecule has 154 valence electrons. The Labute approximate surface area is 169 Å². The highest BCUT2D eigenvalue weighted by atomic mass is 32.2. The average Bonchev–Trinajstić information content (AvgIpc) is 3.20. The fourth-order valence-electron chi connectivity index (χ4n) is 3.09. The van der Waals surface area contributed by atoms with E-state index in [9.17, 15) is 8.78 Å². The van der Waals surface area contributed by atoms with Gasteiger partial charge in [-0.25, -0.2) is 4.98 Å². The van der Waals surface area contributed by atoms with Crippen molar-refractivity contribution in [2.75, 3.05) is 33.2 Å². The van der Waals surface area contributed by atoms with Crippen LogP contribution in [0.15, 0.2) is 29.4 Å². The molecule has 0 radical (unpaired) electrons. The zero-order chi connectivity index (χ0) is 20.8. The Balaban J connectivity index is 1.59. The Hall–Kier alpha value is -2.88. The quantitative estimate of drug-likeness (QED) is 0.594. The van der Waals surface area contributed by atoms with Gasteiger partial charge in [0.25, 0.3) is 0 Å². The molecule has 0 spiro atoms. The van der Waals surface area contributed by atoms with E-state index in [4.69, 9.17) is 9.47 Å². The number of hydrogen-bond donors (Lipinski definition) is 1. The Morgan fingerprint density at radius 2 is 1.72 bits per heavy atom. The molecular weight excluding hydrogens is 404 g/mol. The number of anilines is 1. The second-order valence-corrected chi connectivity index (χ2v) is 7.51. The number of ether oxygens (including phenoxy) is 4. The van der Waals surface area contributed by atoms with Gasteiger partial charge in [-0.3, -0.25) is 0 Å².